The molecule has 75 heavy (non-hydrogen) atoms. The first-order chi connectivity index (χ1) is 36.2. The number of unbranched alkanes of at least 4 members (excludes halogenated alkanes) is 9. The number of carbonyl (C=O) groups is 6. The molecule has 0 bridgehead atoms. The van der Waals surface area contributed by atoms with Gasteiger partial charge in [-0.15, -0.1) is 23.2 Å². The molecule has 22 N–H and O–H groups in total. The molecule has 2 aliphatic heterocycles. The van der Waals surface area contributed by atoms with Crippen molar-refractivity contribution in [3.8, 4) is 0 Å². The summed E-state index contributed by atoms with van der Waals surface area (Å²) in [4.78, 5) is 77.4. The number of nitrogens with two attached hydrogens (primary N) is 5. The van der Waals surface area contributed by atoms with Gasteiger partial charge >= 0.3 is 12.1 Å². The largest absolute Gasteiger partial charge is 0.377 e. The number of hydrazine groups is 1. The molecule has 0 aromatic rings. The average molecular weight is 1110 g/mol. The fraction of sp³-hybridized carbons (Fsp3) is 0.844. The number of urea groups is 2. The molecule has 2 aliphatic rings. The number of ketones is 1. The maximum Gasteiger partial charge on any atom is 0.314 e. The van der Waals surface area contributed by atoms with Gasteiger partial charge in [0, 0.05) is 65.1 Å². The third-order valence-electron chi connectivity index (χ3n) is 11.6. The molecule has 30 heteroatoms. The highest BCUT2D eigenvalue weighted by Gasteiger charge is 2.37. The van der Waals surface area contributed by atoms with E-state index in [-0.39, 0.29) is 35.6 Å². The monoisotopic (exact) mass is 1110 g/mol. The van der Waals surface area contributed by atoms with Crippen molar-refractivity contribution < 1.29 is 47.7 Å². The van der Waals surface area contributed by atoms with Gasteiger partial charge in [-0.2, -0.15) is 0 Å². The molecule has 2 rings (SSSR count). The van der Waals surface area contributed by atoms with E-state index >= 15 is 0 Å². The number of carbonyl (C=O) groups excluding carboxylic acids is 6. The molecule has 0 aromatic carbocycles. The molecule has 2 fully saturated rings. The Balaban J connectivity index is 1.25. The van der Waals surface area contributed by atoms with Crippen LogP contribution in [0.1, 0.15) is 96.3 Å². The first-order valence-electron chi connectivity index (χ1n) is 26.3. The molecule has 8 unspecified atom stereocenters. The number of ether oxygens (including phenoxy) is 4. The molecule has 434 valence electrons. The van der Waals surface area contributed by atoms with Gasteiger partial charge in [0.2, 0.25) is 17.7 Å². The summed E-state index contributed by atoms with van der Waals surface area (Å²) in [5, 5.41) is 30.8. The number of guanidine groups is 1. The van der Waals surface area contributed by atoms with Crippen LogP contribution in [0.3, 0.4) is 0 Å². The lowest BCUT2D eigenvalue weighted by molar-refractivity contribution is -0.123. The van der Waals surface area contributed by atoms with Gasteiger partial charge in [-0.25, -0.2) is 15.0 Å². The van der Waals surface area contributed by atoms with E-state index < -0.39 is 53.7 Å². The summed E-state index contributed by atoms with van der Waals surface area (Å²) in [6.45, 7) is 5.64. The Labute approximate surface area is 451 Å². The minimum absolute atomic E-state index is 0.00374. The van der Waals surface area contributed by atoms with Crippen LogP contribution in [0.15, 0.2) is 4.99 Å². The average Bonchev–Trinajstić information content (AvgIpc) is 3.38. The third kappa shape index (κ3) is 33.8. The second-order valence-corrected chi connectivity index (χ2v) is 18.8. The number of aliphatic imine (C=N–C) groups is 1. The normalized spacial score (nSPS) is 21.7. The molecular formula is C45H90Cl2N18O10. The molecule has 0 aromatic heterocycles. The van der Waals surface area contributed by atoms with E-state index in [1.165, 1.54) is 0 Å². The lowest BCUT2D eigenvalue weighted by atomic mass is 10.0. The Kier molecular flexibility index (Phi) is 38.7. The van der Waals surface area contributed by atoms with Crippen molar-refractivity contribution >= 4 is 64.7 Å². The Morgan fingerprint density at radius 1 is 0.467 bits per heavy atom. The predicted molar refractivity (Wildman–Crippen MR) is 285 cm³/mol. The summed E-state index contributed by atoms with van der Waals surface area (Å²) in [5.41, 5.74) is 24.7. The van der Waals surface area contributed by atoms with Gasteiger partial charge < -0.3 is 73.8 Å². The van der Waals surface area contributed by atoms with Crippen LogP contribution in [-0.2, 0) is 38.1 Å². The highest BCUT2D eigenvalue weighted by atomic mass is 35.5. The first kappa shape index (κ1) is 67.3. The van der Waals surface area contributed by atoms with Crippen LogP contribution in [0.2, 0.25) is 0 Å². The van der Waals surface area contributed by atoms with Crippen LogP contribution in [0.5, 0.6) is 0 Å². The lowest BCUT2D eigenvalue weighted by Gasteiger charge is -2.38. The van der Waals surface area contributed by atoms with Crippen LogP contribution in [0.4, 0.5) is 9.59 Å². The molecular weight excluding hydrogens is 1020 g/mol. The van der Waals surface area contributed by atoms with Crippen molar-refractivity contribution in [1.29, 1.82) is 0 Å². The number of Topliss-reactive ketones (excluding diaryl/α,β-unsaturated/α-hetero) is 1. The van der Waals surface area contributed by atoms with Crippen molar-refractivity contribution in [1.82, 2.24) is 63.9 Å². The fourth-order valence-electron chi connectivity index (χ4n) is 7.44. The van der Waals surface area contributed by atoms with Crippen LogP contribution in [0.25, 0.3) is 0 Å². The number of alkyl halides is 2. The van der Waals surface area contributed by atoms with Gasteiger partial charge in [0.15, 0.2) is 11.7 Å². The smallest absolute Gasteiger partial charge is 0.314 e. The molecule has 8 atom stereocenters. The van der Waals surface area contributed by atoms with Crippen LogP contribution < -0.4 is 92.7 Å². The zero-order valence-corrected chi connectivity index (χ0v) is 45.0. The Hall–Kier alpha value is -3.85. The Morgan fingerprint density at radius 3 is 1.37 bits per heavy atom. The van der Waals surface area contributed by atoms with Gasteiger partial charge in [0.1, 0.15) is 17.0 Å². The number of nitrogens with one attached hydrogen (secondary N) is 12. The number of hydrogen-bond acceptors (Lipinski definition) is 20. The van der Waals surface area contributed by atoms with E-state index in [2.05, 4.69) is 68.9 Å². The number of amides is 7. The highest BCUT2D eigenvalue weighted by Crippen LogP contribution is 2.13. The van der Waals surface area contributed by atoms with Crippen molar-refractivity contribution in [2.45, 2.75) is 144 Å². The van der Waals surface area contributed by atoms with E-state index in [9.17, 15) is 28.8 Å². The van der Waals surface area contributed by atoms with Gasteiger partial charge in [0.25, 0.3) is 0 Å². The molecule has 0 spiro atoms. The number of nitrogens with zero attached hydrogens (tertiary/aromatic N) is 1. The maximum atomic E-state index is 12.6. The minimum Gasteiger partial charge on any atom is -0.377 e. The van der Waals surface area contributed by atoms with Crippen LogP contribution in [0, 0.1) is 0 Å². The molecule has 28 nitrogen and oxygen atoms in total. The van der Waals surface area contributed by atoms with E-state index in [1.54, 1.807) is 0 Å². The summed E-state index contributed by atoms with van der Waals surface area (Å²) < 4.78 is 21.9. The first-order valence-corrected chi connectivity index (χ1v) is 27.2. The molecule has 2 heterocycles. The van der Waals surface area contributed by atoms with Crippen molar-refractivity contribution in [2.75, 3.05) is 98.7 Å². The molecule has 2 saturated heterocycles. The second kappa shape index (κ2) is 43.2. The number of halogens is 2. The topological polar surface area (TPSA) is 426 Å². The molecule has 0 aliphatic carbocycles. The van der Waals surface area contributed by atoms with Crippen molar-refractivity contribution in [2.24, 2.45) is 33.8 Å². The Morgan fingerprint density at radius 2 is 0.880 bits per heavy atom. The summed E-state index contributed by atoms with van der Waals surface area (Å²) in [5.74, 6) is 5.04. The van der Waals surface area contributed by atoms with Crippen molar-refractivity contribution in [3.05, 3.63) is 0 Å². The summed E-state index contributed by atoms with van der Waals surface area (Å²) in [6, 6.07) is -1.97. The summed E-state index contributed by atoms with van der Waals surface area (Å²) in [7, 11) is 0. The van der Waals surface area contributed by atoms with Gasteiger partial charge in [-0.05, 0) is 38.5 Å². The van der Waals surface area contributed by atoms with Gasteiger partial charge in [-0.1, -0.05) is 38.5 Å². The highest BCUT2D eigenvalue weighted by molar-refractivity contribution is 6.21. The van der Waals surface area contributed by atoms with E-state index in [0.29, 0.717) is 131 Å². The summed E-state index contributed by atoms with van der Waals surface area (Å²) in [6.07, 6.45) is 8.84. The predicted octanol–water partition coefficient (Wildman–Crippen LogP) is -3.37. The van der Waals surface area contributed by atoms with E-state index in [0.717, 1.165) is 64.2 Å². The molecule has 7 amide bonds. The minimum atomic E-state index is -0.809. The van der Waals surface area contributed by atoms with Crippen molar-refractivity contribution in [3.63, 3.8) is 0 Å². The zero-order chi connectivity index (χ0) is 54.9. The quantitative estimate of drug-likeness (QED) is 0.00540. The number of piperazine rings is 2. The molecule has 0 radical (unpaired) electrons. The number of rotatable bonds is 42. The molecule has 0 saturated carbocycles. The second-order valence-electron chi connectivity index (χ2n) is 17.9. The lowest BCUT2D eigenvalue weighted by Crippen LogP contribution is -2.73. The van der Waals surface area contributed by atoms with Gasteiger partial charge in [0.05, 0.1) is 83.6 Å². The standard InChI is InChI=1S/C45H90Cl2N18O10/c46-36-39(49)62-38(48)35(61-36)42(69)64-43(51)55-16-10-6-2-5-9-15-33(68)54-20-24-73-28-30-75-26-22-59-45(71)57-18-12-11-17-56-44(70)58-21-25-74-29-27-72-23-19-53-32(67)14-8-4-1-3-7-13-31(66)34-41(65-52)63-40(50)37(47)60-34/h34-41,60-63,65H,1-30,48-50,52H2,(H,53,67)(H,54,68)(H2,56,58,70)(H2,57,59,71)(H3,51,55,64,69). The van der Waals surface area contributed by atoms with E-state index in [4.69, 9.17) is 70.9 Å². The SMILES string of the molecule is NNC1NC(N)C(Cl)NC1C(=O)CCCCCCCC(=O)NCCOCCOCCNC(=O)NCCCCNC(=O)NCCOCCOCCNC(=O)CCCCCCCN=C(N)NC(=O)C1NC(Cl)C(N)NC1N. The van der Waals surface area contributed by atoms with E-state index in [1.807, 2.05) is 0 Å². The fourth-order valence-corrected chi connectivity index (χ4v) is 7.86. The maximum absolute atomic E-state index is 12.6. The Bertz CT molecular complexity index is 1640. The zero-order valence-electron chi connectivity index (χ0n) is 43.5. The summed E-state index contributed by atoms with van der Waals surface area (Å²) >= 11 is 12.2. The van der Waals surface area contributed by atoms with Crippen LogP contribution >= 0.6 is 23.2 Å². The number of hydrogen-bond donors (Lipinski definition) is 17. The van der Waals surface area contributed by atoms with Gasteiger partial charge in [-0.3, -0.25) is 56.6 Å². The van der Waals surface area contributed by atoms with Crippen LogP contribution in [-0.4, -0.2) is 188 Å². The third-order valence-corrected chi connectivity index (χ3v) is 12.4.